The van der Waals surface area contributed by atoms with Gasteiger partial charge < -0.3 is 15.3 Å². The molecule has 1 heterocycles. The van der Waals surface area contributed by atoms with E-state index in [2.05, 4.69) is 10.2 Å². The molecule has 1 aromatic rings. The number of β-amino-alcohol motifs (C(OH)–C–C–N with tert-alkyl or cyclic N) is 1. The van der Waals surface area contributed by atoms with Crippen molar-refractivity contribution in [3.8, 4) is 0 Å². The Morgan fingerprint density at radius 2 is 2.23 bits per heavy atom. The number of hydrogen-bond donors (Lipinski definition) is 2. The number of anilines is 1. The molecule has 2 rings (SSSR count). The molecule has 22 heavy (non-hydrogen) atoms. The number of amides is 2. The summed E-state index contributed by atoms with van der Waals surface area (Å²) in [5.74, 6) is 0. The van der Waals surface area contributed by atoms with Crippen LogP contribution in [0.3, 0.4) is 0 Å². The quantitative estimate of drug-likeness (QED) is 0.898. The van der Waals surface area contributed by atoms with E-state index in [0.29, 0.717) is 23.8 Å². The number of carbonyl (C=O) groups is 1. The van der Waals surface area contributed by atoms with E-state index in [0.717, 1.165) is 18.7 Å². The van der Waals surface area contributed by atoms with Crippen LogP contribution in [0.5, 0.6) is 0 Å². The molecule has 2 unspecified atom stereocenters. The first-order valence-electron chi connectivity index (χ1n) is 7.61. The zero-order valence-corrected chi connectivity index (χ0v) is 14.1. The minimum atomic E-state index is -0.345. The van der Waals surface area contributed by atoms with Crippen molar-refractivity contribution in [2.45, 2.75) is 32.9 Å². The lowest BCUT2D eigenvalue weighted by atomic mass is 10.2. The van der Waals surface area contributed by atoms with Gasteiger partial charge in [-0.1, -0.05) is 17.7 Å². The highest BCUT2D eigenvalue weighted by Crippen LogP contribution is 2.21. The van der Waals surface area contributed by atoms with Crippen molar-refractivity contribution in [3.63, 3.8) is 0 Å². The number of nitrogens with one attached hydrogen (secondary N) is 1. The Morgan fingerprint density at radius 1 is 1.50 bits per heavy atom. The summed E-state index contributed by atoms with van der Waals surface area (Å²) in [7, 11) is 0. The smallest absolute Gasteiger partial charge is 0.322 e. The average molecular weight is 326 g/mol. The molecule has 6 heteroatoms. The van der Waals surface area contributed by atoms with Gasteiger partial charge in [-0.3, -0.25) is 4.90 Å². The number of hydrogen-bond acceptors (Lipinski definition) is 3. The Labute approximate surface area is 136 Å². The molecule has 1 saturated heterocycles. The first kappa shape index (κ1) is 17.1. The van der Waals surface area contributed by atoms with E-state index in [4.69, 9.17) is 11.6 Å². The van der Waals surface area contributed by atoms with Crippen LogP contribution in [0, 0.1) is 6.92 Å². The van der Waals surface area contributed by atoms with Gasteiger partial charge >= 0.3 is 6.03 Å². The number of benzene rings is 1. The lowest BCUT2D eigenvalue weighted by Crippen LogP contribution is -2.56. The third-order valence-electron chi connectivity index (χ3n) is 3.92. The van der Waals surface area contributed by atoms with Gasteiger partial charge in [-0.15, -0.1) is 0 Å². The average Bonchev–Trinajstić information content (AvgIpc) is 2.42. The van der Waals surface area contributed by atoms with Crippen LogP contribution >= 0.6 is 11.6 Å². The summed E-state index contributed by atoms with van der Waals surface area (Å²) in [4.78, 5) is 16.4. The lowest BCUT2D eigenvalue weighted by Gasteiger charge is -2.40. The molecule has 1 fully saturated rings. The molecule has 5 nitrogen and oxygen atoms in total. The second kappa shape index (κ2) is 7.31. The molecular weight excluding hydrogens is 302 g/mol. The van der Waals surface area contributed by atoms with E-state index >= 15 is 0 Å². The molecular formula is C16H24ClN3O2. The van der Waals surface area contributed by atoms with Crippen molar-refractivity contribution in [3.05, 3.63) is 28.8 Å². The van der Waals surface area contributed by atoms with Gasteiger partial charge in [-0.05, 0) is 38.5 Å². The number of nitrogens with zero attached hydrogens (tertiary/aromatic N) is 2. The number of carbonyl (C=O) groups excluding carboxylic acids is 1. The zero-order valence-electron chi connectivity index (χ0n) is 13.3. The molecule has 0 saturated carbocycles. The zero-order chi connectivity index (χ0) is 16.3. The van der Waals surface area contributed by atoms with Gasteiger partial charge in [0.25, 0.3) is 0 Å². The van der Waals surface area contributed by atoms with Crippen LogP contribution in [0.2, 0.25) is 5.02 Å². The Hall–Kier alpha value is -1.30. The molecule has 0 spiro atoms. The second-order valence-electron chi connectivity index (χ2n) is 6.05. The SMILES string of the molecule is Cc1ccc(NC(=O)N2CCN(CC(C)O)CC2C)cc1Cl. The molecule has 122 valence electrons. The maximum Gasteiger partial charge on any atom is 0.322 e. The van der Waals surface area contributed by atoms with Gasteiger partial charge in [-0.25, -0.2) is 4.79 Å². The van der Waals surface area contributed by atoms with Crippen LogP contribution < -0.4 is 5.32 Å². The molecule has 0 aromatic heterocycles. The molecule has 2 N–H and O–H groups in total. The van der Waals surface area contributed by atoms with E-state index in [1.165, 1.54) is 0 Å². The van der Waals surface area contributed by atoms with E-state index < -0.39 is 0 Å². The molecule has 0 aliphatic carbocycles. The molecule has 0 bridgehead atoms. The summed E-state index contributed by atoms with van der Waals surface area (Å²) in [6.45, 7) is 8.58. The van der Waals surface area contributed by atoms with Crippen LogP contribution in [-0.4, -0.2) is 59.3 Å². The summed E-state index contributed by atoms with van der Waals surface area (Å²) in [6.07, 6.45) is -0.345. The number of aryl methyl sites for hydroxylation is 1. The van der Waals surface area contributed by atoms with Crippen LogP contribution in [0.4, 0.5) is 10.5 Å². The van der Waals surface area contributed by atoms with Gasteiger partial charge in [0.1, 0.15) is 0 Å². The number of piperazine rings is 1. The standard InChI is InChI=1S/C16H24ClN3O2/c1-11-4-5-14(8-15(11)17)18-16(22)20-7-6-19(9-12(20)2)10-13(3)21/h4-5,8,12-13,21H,6-7,9-10H2,1-3H3,(H,18,22). The fraction of sp³-hybridized carbons (Fsp3) is 0.562. The second-order valence-corrected chi connectivity index (χ2v) is 6.45. The van der Waals surface area contributed by atoms with Crippen molar-refractivity contribution in [1.29, 1.82) is 0 Å². The Kier molecular flexibility index (Phi) is 5.67. The largest absolute Gasteiger partial charge is 0.392 e. The highest BCUT2D eigenvalue weighted by molar-refractivity contribution is 6.31. The minimum Gasteiger partial charge on any atom is -0.392 e. The first-order chi connectivity index (χ1) is 10.4. The molecule has 0 radical (unpaired) electrons. The number of halogens is 1. The van der Waals surface area contributed by atoms with Crippen molar-refractivity contribution in [1.82, 2.24) is 9.80 Å². The summed E-state index contributed by atoms with van der Waals surface area (Å²) in [6, 6.07) is 5.51. The lowest BCUT2D eigenvalue weighted by molar-refractivity contribution is 0.0692. The van der Waals surface area contributed by atoms with Gasteiger partial charge in [0.05, 0.1) is 6.10 Å². The number of rotatable bonds is 3. The van der Waals surface area contributed by atoms with Gasteiger partial charge in [0.15, 0.2) is 0 Å². The van der Waals surface area contributed by atoms with Crippen molar-refractivity contribution < 1.29 is 9.90 Å². The minimum absolute atomic E-state index is 0.105. The monoisotopic (exact) mass is 325 g/mol. The molecule has 1 aliphatic rings. The third kappa shape index (κ3) is 4.35. The van der Waals surface area contributed by atoms with Crippen molar-refractivity contribution >= 4 is 23.3 Å². The summed E-state index contributed by atoms with van der Waals surface area (Å²) in [5, 5.41) is 13.0. The Morgan fingerprint density at radius 3 is 2.82 bits per heavy atom. The fourth-order valence-electron chi connectivity index (χ4n) is 2.74. The van der Waals surface area contributed by atoms with Crippen LogP contribution in [0.15, 0.2) is 18.2 Å². The van der Waals surface area contributed by atoms with Crippen molar-refractivity contribution in [2.24, 2.45) is 0 Å². The normalized spacial score (nSPS) is 20.8. The van der Waals surface area contributed by atoms with Gasteiger partial charge in [0.2, 0.25) is 0 Å². The van der Waals surface area contributed by atoms with E-state index in [1.807, 2.05) is 30.9 Å². The fourth-order valence-corrected chi connectivity index (χ4v) is 2.92. The summed E-state index contributed by atoms with van der Waals surface area (Å²) < 4.78 is 0. The van der Waals surface area contributed by atoms with Crippen LogP contribution in [0.25, 0.3) is 0 Å². The maximum absolute atomic E-state index is 12.4. The maximum atomic E-state index is 12.4. The first-order valence-corrected chi connectivity index (χ1v) is 7.99. The predicted octanol–water partition coefficient (Wildman–Crippen LogP) is 2.57. The predicted molar refractivity (Wildman–Crippen MR) is 89.5 cm³/mol. The molecule has 2 atom stereocenters. The van der Waals surface area contributed by atoms with E-state index in [1.54, 1.807) is 13.0 Å². The third-order valence-corrected chi connectivity index (χ3v) is 4.33. The summed E-state index contributed by atoms with van der Waals surface area (Å²) in [5.41, 5.74) is 1.69. The van der Waals surface area contributed by atoms with E-state index in [9.17, 15) is 9.90 Å². The topological polar surface area (TPSA) is 55.8 Å². The van der Waals surface area contributed by atoms with Crippen LogP contribution in [-0.2, 0) is 0 Å². The molecule has 1 aromatic carbocycles. The number of aliphatic hydroxyl groups excluding tert-OH is 1. The van der Waals surface area contributed by atoms with Crippen molar-refractivity contribution in [2.75, 3.05) is 31.5 Å². The number of aliphatic hydroxyl groups is 1. The van der Waals surface area contributed by atoms with Gasteiger partial charge in [0, 0.05) is 42.9 Å². The molecule has 2 amide bonds. The Bertz CT molecular complexity index is 536. The van der Waals surface area contributed by atoms with Crippen LogP contribution in [0.1, 0.15) is 19.4 Å². The Balaban J connectivity index is 1.94. The summed E-state index contributed by atoms with van der Waals surface area (Å²) >= 11 is 6.08. The highest BCUT2D eigenvalue weighted by atomic mass is 35.5. The number of urea groups is 1. The van der Waals surface area contributed by atoms with Gasteiger partial charge in [-0.2, -0.15) is 0 Å². The molecule has 1 aliphatic heterocycles. The van der Waals surface area contributed by atoms with E-state index in [-0.39, 0.29) is 18.2 Å². The highest BCUT2D eigenvalue weighted by Gasteiger charge is 2.27.